The molecule has 18 heavy (non-hydrogen) atoms. The van der Waals surface area contributed by atoms with Crippen molar-refractivity contribution in [3.8, 4) is 0 Å². The number of hydrogen-bond acceptors (Lipinski definition) is 3. The molecule has 1 aliphatic heterocycles. The molecule has 0 N–H and O–H groups in total. The van der Waals surface area contributed by atoms with E-state index in [1.807, 2.05) is 6.92 Å². The van der Waals surface area contributed by atoms with Gasteiger partial charge in [-0.25, -0.2) is 0 Å². The molecule has 0 bridgehead atoms. The quantitative estimate of drug-likeness (QED) is 0.741. The smallest absolute Gasteiger partial charge is 0.305 e. The average molecular weight is 276 g/mol. The summed E-state index contributed by atoms with van der Waals surface area (Å²) in [5.41, 5.74) is 0. The summed E-state index contributed by atoms with van der Waals surface area (Å²) in [4.78, 5) is 13.9. The maximum absolute atomic E-state index is 11.2. The summed E-state index contributed by atoms with van der Waals surface area (Å²) in [7, 11) is 0. The fourth-order valence-corrected chi connectivity index (χ4v) is 3.08. The summed E-state index contributed by atoms with van der Waals surface area (Å²) in [6.45, 7) is 4.43. The Morgan fingerprint density at radius 2 is 1.72 bits per heavy atom. The van der Waals surface area contributed by atoms with Crippen LogP contribution in [0.3, 0.4) is 0 Å². The standard InChI is InChI=1S/C14H25NO2.ClH/c1-2-14(16)17-13-8-6-12(7-9-13)15-10-4-3-5-11-15;/h12-13H,2-11H2,1H3;1H. The molecule has 3 nitrogen and oxygen atoms in total. The fourth-order valence-electron chi connectivity index (χ4n) is 3.08. The number of carbonyl (C=O) groups excluding carboxylic acids is 1. The number of ether oxygens (including phenoxy) is 1. The van der Waals surface area contributed by atoms with Crippen LogP contribution in [0.2, 0.25) is 0 Å². The Balaban J connectivity index is 0.00000162. The number of carbonyl (C=O) groups is 1. The lowest BCUT2D eigenvalue weighted by Gasteiger charge is -2.38. The van der Waals surface area contributed by atoms with Gasteiger partial charge in [-0.3, -0.25) is 4.79 Å². The van der Waals surface area contributed by atoms with E-state index in [1.54, 1.807) is 0 Å². The van der Waals surface area contributed by atoms with Crippen molar-refractivity contribution >= 4 is 18.4 Å². The van der Waals surface area contributed by atoms with Crippen molar-refractivity contribution in [2.24, 2.45) is 0 Å². The van der Waals surface area contributed by atoms with Gasteiger partial charge >= 0.3 is 5.97 Å². The van der Waals surface area contributed by atoms with Gasteiger partial charge in [0.05, 0.1) is 0 Å². The second-order valence-electron chi connectivity index (χ2n) is 5.37. The van der Waals surface area contributed by atoms with E-state index in [0.29, 0.717) is 6.42 Å². The second-order valence-corrected chi connectivity index (χ2v) is 5.37. The van der Waals surface area contributed by atoms with Crippen LogP contribution in [-0.2, 0) is 9.53 Å². The van der Waals surface area contributed by atoms with Gasteiger partial charge in [-0.2, -0.15) is 0 Å². The number of piperidine rings is 1. The number of esters is 1. The summed E-state index contributed by atoms with van der Waals surface area (Å²) in [5.74, 6) is -0.0357. The van der Waals surface area contributed by atoms with Crippen molar-refractivity contribution in [3.05, 3.63) is 0 Å². The predicted octanol–water partition coefficient (Wildman–Crippen LogP) is 3.16. The van der Waals surface area contributed by atoms with E-state index in [9.17, 15) is 4.79 Å². The molecule has 106 valence electrons. The molecule has 2 aliphatic rings. The van der Waals surface area contributed by atoms with E-state index in [1.165, 1.54) is 45.2 Å². The molecular weight excluding hydrogens is 250 g/mol. The van der Waals surface area contributed by atoms with Crippen molar-refractivity contribution in [3.63, 3.8) is 0 Å². The highest BCUT2D eigenvalue weighted by molar-refractivity contribution is 5.85. The van der Waals surface area contributed by atoms with E-state index in [-0.39, 0.29) is 24.5 Å². The third-order valence-corrected chi connectivity index (χ3v) is 4.14. The van der Waals surface area contributed by atoms with Gasteiger partial charge in [0.1, 0.15) is 6.10 Å². The normalized spacial score (nSPS) is 29.4. The summed E-state index contributed by atoms with van der Waals surface area (Å²) in [6.07, 6.45) is 9.38. The van der Waals surface area contributed by atoms with Crippen LogP contribution in [0, 0.1) is 0 Å². The Kier molecular flexibility index (Phi) is 7.02. The Labute approximate surface area is 117 Å². The van der Waals surface area contributed by atoms with Gasteiger partial charge in [0, 0.05) is 12.5 Å². The maximum Gasteiger partial charge on any atom is 0.305 e. The van der Waals surface area contributed by atoms with Crippen LogP contribution in [0.1, 0.15) is 58.3 Å². The van der Waals surface area contributed by atoms with Gasteiger partial charge in [-0.15, -0.1) is 12.4 Å². The van der Waals surface area contributed by atoms with Gasteiger partial charge in [-0.05, 0) is 51.6 Å². The van der Waals surface area contributed by atoms with E-state index >= 15 is 0 Å². The zero-order valence-electron chi connectivity index (χ0n) is 11.4. The van der Waals surface area contributed by atoms with Crippen LogP contribution in [0.5, 0.6) is 0 Å². The van der Waals surface area contributed by atoms with Crippen molar-refractivity contribution < 1.29 is 9.53 Å². The van der Waals surface area contributed by atoms with Crippen LogP contribution < -0.4 is 0 Å². The van der Waals surface area contributed by atoms with Crippen LogP contribution in [-0.4, -0.2) is 36.1 Å². The fraction of sp³-hybridized carbons (Fsp3) is 0.929. The number of halogens is 1. The minimum atomic E-state index is -0.0357. The molecule has 0 unspecified atom stereocenters. The molecule has 1 saturated heterocycles. The summed E-state index contributed by atoms with van der Waals surface area (Å²) in [6, 6.07) is 0.756. The lowest BCUT2D eigenvalue weighted by molar-refractivity contribution is -0.150. The zero-order valence-corrected chi connectivity index (χ0v) is 12.2. The highest BCUT2D eigenvalue weighted by Crippen LogP contribution is 2.27. The van der Waals surface area contributed by atoms with E-state index in [2.05, 4.69) is 4.90 Å². The largest absolute Gasteiger partial charge is 0.462 e. The molecule has 2 fully saturated rings. The van der Waals surface area contributed by atoms with Crippen LogP contribution in [0.25, 0.3) is 0 Å². The molecule has 1 heterocycles. The predicted molar refractivity (Wildman–Crippen MR) is 75.1 cm³/mol. The van der Waals surface area contributed by atoms with Gasteiger partial charge < -0.3 is 9.64 Å². The average Bonchev–Trinajstić information content (AvgIpc) is 2.40. The van der Waals surface area contributed by atoms with E-state index < -0.39 is 0 Å². The number of nitrogens with zero attached hydrogens (tertiary/aromatic N) is 1. The van der Waals surface area contributed by atoms with Crippen molar-refractivity contribution in [2.45, 2.75) is 70.4 Å². The first-order valence-electron chi connectivity index (χ1n) is 7.23. The Bertz CT molecular complexity index is 246. The zero-order chi connectivity index (χ0) is 12.1. The molecule has 0 aromatic heterocycles. The molecular formula is C14H26ClNO2. The van der Waals surface area contributed by atoms with Crippen molar-refractivity contribution in [2.75, 3.05) is 13.1 Å². The lowest BCUT2D eigenvalue weighted by Crippen LogP contribution is -2.42. The third kappa shape index (κ3) is 4.43. The molecule has 1 saturated carbocycles. The first kappa shape index (κ1) is 15.8. The minimum absolute atomic E-state index is 0. The number of likely N-dealkylation sites (tertiary alicyclic amines) is 1. The Morgan fingerprint density at radius 3 is 2.28 bits per heavy atom. The molecule has 0 atom stereocenters. The second kappa shape index (κ2) is 8.00. The van der Waals surface area contributed by atoms with Gasteiger partial charge in [-0.1, -0.05) is 13.3 Å². The van der Waals surface area contributed by atoms with Crippen LogP contribution in [0.4, 0.5) is 0 Å². The third-order valence-electron chi connectivity index (χ3n) is 4.14. The minimum Gasteiger partial charge on any atom is -0.462 e. The molecule has 0 aromatic carbocycles. The molecule has 0 radical (unpaired) electrons. The first-order valence-corrected chi connectivity index (χ1v) is 7.23. The molecule has 0 aromatic rings. The first-order chi connectivity index (χ1) is 8.29. The van der Waals surface area contributed by atoms with Gasteiger partial charge in [0.25, 0.3) is 0 Å². The summed E-state index contributed by atoms with van der Waals surface area (Å²) >= 11 is 0. The van der Waals surface area contributed by atoms with Crippen LogP contribution >= 0.6 is 12.4 Å². The summed E-state index contributed by atoms with van der Waals surface area (Å²) in [5, 5.41) is 0. The Morgan fingerprint density at radius 1 is 1.11 bits per heavy atom. The van der Waals surface area contributed by atoms with Gasteiger partial charge in [0.15, 0.2) is 0 Å². The van der Waals surface area contributed by atoms with Crippen LogP contribution in [0.15, 0.2) is 0 Å². The number of rotatable bonds is 3. The van der Waals surface area contributed by atoms with E-state index in [4.69, 9.17) is 4.74 Å². The Hall–Kier alpha value is -0.280. The molecule has 4 heteroatoms. The molecule has 2 rings (SSSR count). The SMILES string of the molecule is CCC(=O)OC1CCC(N2CCCCC2)CC1.Cl. The summed E-state index contributed by atoms with van der Waals surface area (Å²) < 4.78 is 5.42. The highest BCUT2D eigenvalue weighted by Gasteiger charge is 2.27. The molecule has 0 amide bonds. The number of hydrogen-bond donors (Lipinski definition) is 0. The lowest BCUT2D eigenvalue weighted by atomic mass is 9.90. The molecule has 1 aliphatic carbocycles. The monoisotopic (exact) mass is 275 g/mol. The highest BCUT2D eigenvalue weighted by atomic mass is 35.5. The van der Waals surface area contributed by atoms with Crippen molar-refractivity contribution in [1.82, 2.24) is 4.90 Å². The van der Waals surface area contributed by atoms with E-state index in [0.717, 1.165) is 18.9 Å². The maximum atomic E-state index is 11.2. The topological polar surface area (TPSA) is 29.5 Å². The molecule has 0 spiro atoms. The van der Waals surface area contributed by atoms with Gasteiger partial charge in [0.2, 0.25) is 0 Å². The van der Waals surface area contributed by atoms with Crippen molar-refractivity contribution in [1.29, 1.82) is 0 Å².